The van der Waals surface area contributed by atoms with Crippen LogP contribution in [-0.2, 0) is 19.1 Å². The molecule has 1 fully saturated rings. The molecular formula is C21H40N2O4. The van der Waals surface area contributed by atoms with E-state index < -0.39 is 6.04 Å². The van der Waals surface area contributed by atoms with Gasteiger partial charge in [0.25, 0.3) is 0 Å². The van der Waals surface area contributed by atoms with Crippen molar-refractivity contribution >= 4 is 11.9 Å². The van der Waals surface area contributed by atoms with Crippen molar-refractivity contribution in [1.29, 1.82) is 0 Å². The van der Waals surface area contributed by atoms with Crippen LogP contribution in [-0.4, -0.2) is 48.8 Å². The Morgan fingerprint density at radius 2 is 1.63 bits per heavy atom. The number of carbonyl (C=O) groups excluding carboxylic acids is 2. The maximum Gasteiger partial charge on any atom is 0.323 e. The first-order valence-electron chi connectivity index (χ1n) is 10.4. The molecular weight excluding hydrogens is 344 g/mol. The Morgan fingerprint density at radius 3 is 2.15 bits per heavy atom. The van der Waals surface area contributed by atoms with Crippen LogP contribution < -0.4 is 10.6 Å². The normalized spacial score (nSPS) is 19.4. The predicted molar refractivity (Wildman–Crippen MR) is 107 cm³/mol. The molecule has 6 heteroatoms. The van der Waals surface area contributed by atoms with E-state index in [1.807, 2.05) is 41.5 Å². The molecule has 0 aliphatic heterocycles. The van der Waals surface area contributed by atoms with E-state index in [1.165, 1.54) is 6.42 Å². The number of nitrogens with one attached hydrogen (secondary N) is 2. The highest BCUT2D eigenvalue weighted by molar-refractivity contribution is 5.76. The number of carbonyl (C=O) groups is 2. The molecule has 0 spiro atoms. The van der Waals surface area contributed by atoms with Gasteiger partial charge in [0.1, 0.15) is 24.3 Å². The third-order valence-electron chi connectivity index (χ3n) is 5.14. The number of ether oxygens (including phenoxy) is 2. The van der Waals surface area contributed by atoms with Crippen LogP contribution in [0.5, 0.6) is 0 Å². The molecule has 1 saturated carbocycles. The lowest BCUT2D eigenvalue weighted by molar-refractivity contribution is -0.155. The van der Waals surface area contributed by atoms with Gasteiger partial charge in [-0.1, -0.05) is 20.3 Å². The maximum absolute atomic E-state index is 12.4. The smallest absolute Gasteiger partial charge is 0.323 e. The lowest BCUT2D eigenvalue weighted by Gasteiger charge is -2.33. The third-order valence-corrected chi connectivity index (χ3v) is 5.14. The second-order valence-corrected chi connectivity index (χ2v) is 8.91. The Bertz CT molecular complexity index is 473. The highest BCUT2D eigenvalue weighted by Crippen LogP contribution is 2.21. The lowest BCUT2D eigenvalue weighted by atomic mass is 9.95. The minimum Gasteiger partial charge on any atom is -0.461 e. The van der Waals surface area contributed by atoms with Crippen molar-refractivity contribution in [3.63, 3.8) is 0 Å². The Labute approximate surface area is 165 Å². The van der Waals surface area contributed by atoms with Gasteiger partial charge in [0.15, 0.2) is 0 Å². The van der Waals surface area contributed by atoms with Crippen LogP contribution in [0.4, 0.5) is 0 Å². The first kappa shape index (κ1) is 23.9. The average molecular weight is 385 g/mol. The summed E-state index contributed by atoms with van der Waals surface area (Å²) in [6.45, 7) is 11.7. The number of esters is 2. The molecule has 0 aromatic carbocycles. The van der Waals surface area contributed by atoms with Crippen molar-refractivity contribution in [2.75, 3.05) is 7.05 Å². The maximum atomic E-state index is 12.4. The molecule has 0 heterocycles. The molecule has 0 amide bonds. The summed E-state index contributed by atoms with van der Waals surface area (Å²) in [7, 11) is 1.77. The van der Waals surface area contributed by atoms with Crippen LogP contribution in [0.2, 0.25) is 0 Å². The molecule has 1 aliphatic rings. The lowest BCUT2D eigenvalue weighted by Crippen LogP contribution is -2.51. The number of hydrogen-bond donors (Lipinski definition) is 2. The highest BCUT2D eigenvalue weighted by atomic mass is 16.5. The standard InChI is InChI=1S/C21H40N2O4/c1-14(2)18(22-7)20(25)26-15(3)13-21(5,6)23-16(4)19(24)27-17-11-9-8-10-12-17/h14-18,22-23H,8-13H2,1-7H3/t15?,16-,18?/m0/s1. The molecule has 2 unspecified atom stereocenters. The average Bonchev–Trinajstić information content (AvgIpc) is 2.54. The zero-order chi connectivity index (χ0) is 20.6. The molecule has 0 saturated heterocycles. The Balaban J connectivity index is 2.48. The molecule has 1 rings (SSSR count). The van der Waals surface area contributed by atoms with E-state index >= 15 is 0 Å². The topological polar surface area (TPSA) is 76.7 Å². The fraction of sp³-hybridized carbons (Fsp3) is 0.905. The molecule has 0 aromatic rings. The Kier molecular flexibility index (Phi) is 9.74. The van der Waals surface area contributed by atoms with Gasteiger partial charge >= 0.3 is 11.9 Å². The van der Waals surface area contributed by atoms with Gasteiger partial charge in [0.2, 0.25) is 0 Å². The number of rotatable bonds is 10. The summed E-state index contributed by atoms with van der Waals surface area (Å²) in [4.78, 5) is 24.7. The monoisotopic (exact) mass is 384 g/mol. The van der Waals surface area contributed by atoms with Gasteiger partial charge in [0.05, 0.1) is 0 Å². The predicted octanol–water partition coefficient (Wildman–Crippen LogP) is 3.18. The SMILES string of the molecule is CNC(C(=O)OC(C)CC(C)(C)N[C@@H](C)C(=O)OC1CCCCC1)C(C)C. The number of likely N-dealkylation sites (N-methyl/N-ethyl adjacent to an activating group) is 1. The molecule has 6 nitrogen and oxygen atoms in total. The zero-order valence-electron chi connectivity index (χ0n) is 18.3. The van der Waals surface area contributed by atoms with Crippen molar-refractivity contribution in [2.24, 2.45) is 5.92 Å². The number of hydrogen-bond acceptors (Lipinski definition) is 6. The van der Waals surface area contributed by atoms with Gasteiger partial charge in [-0.3, -0.25) is 14.9 Å². The largest absolute Gasteiger partial charge is 0.461 e. The summed E-state index contributed by atoms with van der Waals surface area (Å²) in [6, 6.07) is -0.710. The van der Waals surface area contributed by atoms with Crippen molar-refractivity contribution in [3.8, 4) is 0 Å². The van der Waals surface area contributed by atoms with E-state index in [9.17, 15) is 9.59 Å². The van der Waals surface area contributed by atoms with Crippen molar-refractivity contribution < 1.29 is 19.1 Å². The molecule has 1 aliphatic carbocycles. The molecule has 0 bridgehead atoms. The molecule has 2 N–H and O–H groups in total. The zero-order valence-corrected chi connectivity index (χ0v) is 18.3. The highest BCUT2D eigenvalue weighted by Gasteiger charge is 2.30. The van der Waals surface area contributed by atoms with Gasteiger partial charge < -0.3 is 14.8 Å². The Hall–Kier alpha value is -1.14. The van der Waals surface area contributed by atoms with E-state index in [0.29, 0.717) is 6.42 Å². The molecule has 158 valence electrons. The van der Waals surface area contributed by atoms with Crippen LogP contribution in [0, 0.1) is 5.92 Å². The van der Waals surface area contributed by atoms with E-state index in [1.54, 1.807) is 7.05 Å². The summed E-state index contributed by atoms with van der Waals surface area (Å²) in [6.07, 6.45) is 5.86. The van der Waals surface area contributed by atoms with Gasteiger partial charge in [-0.25, -0.2) is 0 Å². The second-order valence-electron chi connectivity index (χ2n) is 8.91. The van der Waals surface area contributed by atoms with Crippen molar-refractivity contribution in [2.45, 2.75) is 110 Å². The van der Waals surface area contributed by atoms with Crippen LogP contribution >= 0.6 is 0 Å². The molecule has 0 radical (unpaired) electrons. The van der Waals surface area contributed by atoms with Crippen LogP contribution in [0.1, 0.15) is 80.1 Å². The fourth-order valence-corrected chi connectivity index (χ4v) is 3.91. The minimum atomic E-state index is -0.398. The molecule has 3 atom stereocenters. The first-order valence-corrected chi connectivity index (χ1v) is 10.4. The Morgan fingerprint density at radius 1 is 1.04 bits per heavy atom. The van der Waals surface area contributed by atoms with Crippen LogP contribution in [0.15, 0.2) is 0 Å². The summed E-state index contributed by atoms with van der Waals surface area (Å²) in [5.41, 5.74) is -0.363. The first-order chi connectivity index (χ1) is 12.6. The third kappa shape index (κ3) is 8.60. The minimum absolute atomic E-state index is 0.0630. The second kappa shape index (κ2) is 11.0. The summed E-state index contributed by atoms with van der Waals surface area (Å²) < 4.78 is 11.3. The van der Waals surface area contributed by atoms with Crippen molar-refractivity contribution in [1.82, 2.24) is 10.6 Å². The van der Waals surface area contributed by atoms with Crippen LogP contribution in [0.25, 0.3) is 0 Å². The quantitative estimate of drug-likeness (QED) is 0.563. The summed E-state index contributed by atoms with van der Waals surface area (Å²) in [5.74, 6) is -0.273. The van der Waals surface area contributed by atoms with E-state index in [-0.39, 0.29) is 41.6 Å². The summed E-state index contributed by atoms with van der Waals surface area (Å²) in [5, 5.41) is 6.34. The van der Waals surface area contributed by atoms with E-state index in [2.05, 4.69) is 10.6 Å². The fourth-order valence-electron chi connectivity index (χ4n) is 3.91. The van der Waals surface area contributed by atoms with Gasteiger partial charge in [-0.05, 0) is 66.3 Å². The molecule has 0 aromatic heterocycles. The van der Waals surface area contributed by atoms with E-state index in [0.717, 1.165) is 25.7 Å². The van der Waals surface area contributed by atoms with Gasteiger partial charge in [-0.2, -0.15) is 0 Å². The van der Waals surface area contributed by atoms with Crippen LogP contribution in [0.3, 0.4) is 0 Å². The van der Waals surface area contributed by atoms with E-state index in [4.69, 9.17) is 9.47 Å². The summed E-state index contributed by atoms with van der Waals surface area (Å²) >= 11 is 0. The van der Waals surface area contributed by atoms with Gasteiger partial charge in [0, 0.05) is 12.0 Å². The molecule has 27 heavy (non-hydrogen) atoms. The van der Waals surface area contributed by atoms with Crippen molar-refractivity contribution in [3.05, 3.63) is 0 Å². The van der Waals surface area contributed by atoms with Gasteiger partial charge in [-0.15, -0.1) is 0 Å².